The lowest BCUT2D eigenvalue weighted by atomic mass is 10.0. The SMILES string of the molecule is COc1cc([N+](=O)[O-])c(-c2nnn(-c3ccc(CCN4CCc5ccncc5C4)cc3)n2)cc1C. The summed E-state index contributed by atoms with van der Waals surface area (Å²) in [6.07, 6.45) is 5.83. The zero-order valence-electron chi connectivity index (χ0n) is 19.6. The van der Waals surface area contributed by atoms with Gasteiger partial charge in [-0.05, 0) is 71.5 Å². The molecular weight excluding hydrogens is 446 g/mol. The first-order chi connectivity index (χ1) is 17.0. The molecule has 0 bridgehead atoms. The predicted octanol–water partition coefficient (Wildman–Crippen LogP) is 3.55. The molecule has 0 fully saturated rings. The number of fused-ring (bicyclic) bond motifs is 1. The minimum atomic E-state index is -0.468. The summed E-state index contributed by atoms with van der Waals surface area (Å²) in [5.74, 6) is 0.625. The van der Waals surface area contributed by atoms with Gasteiger partial charge < -0.3 is 4.74 Å². The summed E-state index contributed by atoms with van der Waals surface area (Å²) < 4.78 is 5.21. The Morgan fingerprint density at radius 1 is 1.14 bits per heavy atom. The van der Waals surface area contributed by atoms with Crippen molar-refractivity contribution < 1.29 is 9.66 Å². The second-order valence-electron chi connectivity index (χ2n) is 8.59. The molecule has 0 radical (unpaired) electrons. The van der Waals surface area contributed by atoms with Crippen molar-refractivity contribution in [3.63, 3.8) is 0 Å². The van der Waals surface area contributed by atoms with Gasteiger partial charge >= 0.3 is 0 Å². The maximum atomic E-state index is 11.6. The highest BCUT2D eigenvalue weighted by molar-refractivity contribution is 5.70. The van der Waals surface area contributed by atoms with Crippen LogP contribution in [0.5, 0.6) is 5.75 Å². The van der Waals surface area contributed by atoms with Crippen molar-refractivity contribution in [2.24, 2.45) is 0 Å². The first kappa shape index (κ1) is 22.6. The van der Waals surface area contributed by atoms with Gasteiger partial charge in [-0.25, -0.2) is 0 Å². The number of methoxy groups -OCH3 is 1. The van der Waals surface area contributed by atoms with E-state index in [1.807, 2.05) is 31.5 Å². The van der Waals surface area contributed by atoms with E-state index in [0.29, 0.717) is 11.3 Å². The second-order valence-corrected chi connectivity index (χ2v) is 8.59. The summed E-state index contributed by atoms with van der Waals surface area (Å²) in [6, 6.07) is 13.1. The highest BCUT2D eigenvalue weighted by Crippen LogP contribution is 2.33. The van der Waals surface area contributed by atoms with Crippen molar-refractivity contribution in [1.82, 2.24) is 30.1 Å². The van der Waals surface area contributed by atoms with Gasteiger partial charge in [0.25, 0.3) is 5.69 Å². The Labute approximate surface area is 202 Å². The number of nitrogens with zero attached hydrogens (tertiary/aromatic N) is 7. The molecule has 0 saturated carbocycles. The van der Waals surface area contributed by atoms with E-state index in [1.54, 1.807) is 6.07 Å². The van der Waals surface area contributed by atoms with Crippen LogP contribution in [-0.4, -0.2) is 55.2 Å². The number of tetrazole rings is 1. The van der Waals surface area contributed by atoms with Crippen molar-refractivity contribution in [3.8, 4) is 22.8 Å². The summed E-state index contributed by atoms with van der Waals surface area (Å²) in [6.45, 7) is 4.77. The molecule has 2 aromatic carbocycles. The van der Waals surface area contributed by atoms with Crippen LogP contribution >= 0.6 is 0 Å². The molecule has 1 aliphatic rings. The van der Waals surface area contributed by atoms with E-state index < -0.39 is 4.92 Å². The summed E-state index contributed by atoms with van der Waals surface area (Å²) in [5, 5.41) is 24.2. The Bertz CT molecular complexity index is 1370. The lowest BCUT2D eigenvalue weighted by molar-refractivity contribution is -0.384. The van der Waals surface area contributed by atoms with Gasteiger partial charge in [-0.2, -0.15) is 0 Å². The fourth-order valence-corrected chi connectivity index (χ4v) is 4.37. The Balaban J connectivity index is 1.28. The number of hydrogen-bond acceptors (Lipinski definition) is 8. The lowest BCUT2D eigenvalue weighted by Gasteiger charge is -2.28. The normalized spacial score (nSPS) is 13.4. The van der Waals surface area contributed by atoms with E-state index in [2.05, 4.69) is 43.5 Å². The van der Waals surface area contributed by atoms with E-state index in [9.17, 15) is 10.1 Å². The minimum absolute atomic E-state index is 0.126. The molecule has 3 heterocycles. The Kier molecular flexibility index (Phi) is 6.19. The fraction of sp³-hybridized carbons (Fsp3) is 0.280. The molecule has 10 heteroatoms. The zero-order chi connectivity index (χ0) is 24.4. The van der Waals surface area contributed by atoms with E-state index in [-0.39, 0.29) is 11.5 Å². The number of ether oxygens (including phenoxy) is 1. The quantitative estimate of drug-likeness (QED) is 0.297. The van der Waals surface area contributed by atoms with Crippen LogP contribution in [0.2, 0.25) is 0 Å². The minimum Gasteiger partial charge on any atom is -0.496 e. The third-order valence-electron chi connectivity index (χ3n) is 6.34. The van der Waals surface area contributed by atoms with Gasteiger partial charge in [-0.3, -0.25) is 20.0 Å². The third-order valence-corrected chi connectivity index (χ3v) is 6.34. The molecule has 0 atom stereocenters. The molecule has 2 aromatic heterocycles. The number of nitro groups is 1. The maximum Gasteiger partial charge on any atom is 0.284 e. The monoisotopic (exact) mass is 471 g/mol. The number of aromatic nitrogens is 5. The zero-order valence-corrected chi connectivity index (χ0v) is 19.6. The molecule has 10 nitrogen and oxygen atoms in total. The average Bonchev–Trinajstić information content (AvgIpc) is 3.37. The maximum absolute atomic E-state index is 11.6. The molecule has 0 saturated heterocycles. The van der Waals surface area contributed by atoms with Crippen LogP contribution in [0.15, 0.2) is 54.9 Å². The van der Waals surface area contributed by atoms with Crippen molar-refractivity contribution in [1.29, 1.82) is 0 Å². The highest BCUT2D eigenvalue weighted by Gasteiger charge is 2.22. The predicted molar refractivity (Wildman–Crippen MR) is 129 cm³/mol. The molecule has 0 spiro atoms. The molecule has 0 unspecified atom stereocenters. The first-order valence-electron chi connectivity index (χ1n) is 11.4. The number of nitro benzene ring substituents is 1. The summed E-state index contributed by atoms with van der Waals surface area (Å²) in [5.41, 5.74) is 5.59. The topological polar surface area (TPSA) is 112 Å². The second kappa shape index (κ2) is 9.59. The van der Waals surface area contributed by atoms with Crippen molar-refractivity contribution in [2.75, 3.05) is 20.2 Å². The van der Waals surface area contributed by atoms with Crippen molar-refractivity contribution in [3.05, 3.63) is 87.2 Å². The average molecular weight is 472 g/mol. The van der Waals surface area contributed by atoms with Crippen LogP contribution in [0.1, 0.15) is 22.3 Å². The number of benzene rings is 2. The number of pyridine rings is 1. The molecule has 4 aromatic rings. The largest absolute Gasteiger partial charge is 0.496 e. The summed E-state index contributed by atoms with van der Waals surface area (Å²) in [4.78, 5) is 19.2. The van der Waals surface area contributed by atoms with Gasteiger partial charge in [0.2, 0.25) is 5.82 Å². The van der Waals surface area contributed by atoms with E-state index >= 15 is 0 Å². The molecule has 5 rings (SSSR count). The van der Waals surface area contributed by atoms with Crippen LogP contribution < -0.4 is 4.74 Å². The molecule has 0 amide bonds. The molecule has 0 aliphatic carbocycles. The Morgan fingerprint density at radius 3 is 2.74 bits per heavy atom. The number of aryl methyl sites for hydroxylation is 1. The van der Waals surface area contributed by atoms with Gasteiger partial charge in [-0.1, -0.05) is 12.1 Å². The van der Waals surface area contributed by atoms with Gasteiger partial charge in [0.05, 0.1) is 23.8 Å². The number of hydrogen-bond donors (Lipinski definition) is 0. The highest BCUT2D eigenvalue weighted by atomic mass is 16.6. The van der Waals surface area contributed by atoms with Crippen LogP contribution in [0, 0.1) is 17.0 Å². The van der Waals surface area contributed by atoms with E-state index in [1.165, 1.54) is 34.7 Å². The van der Waals surface area contributed by atoms with Gasteiger partial charge in [0.1, 0.15) is 11.3 Å². The molecule has 0 N–H and O–H groups in total. The van der Waals surface area contributed by atoms with Crippen LogP contribution in [0.3, 0.4) is 0 Å². The van der Waals surface area contributed by atoms with Crippen LogP contribution in [0.4, 0.5) is 5.69 Å². The van der Waals surface area contributed by atoms with E-state index in [4.69, 9.17) is 4.74 Å². The van der Waals surface area contributed by atoms with Gasteiger partial charge in [0.15, 0.2) is 0 Å². The number of rotatable bonds is 7. The Hall–Kier alpha value is -4.18. The molecular formula is C25H25N7O3. The lowest BCUT2D eigenvalue weighted by Crippen LogP contribution is -2.32. The van der Waals surface area contributed by atoms with Crippen molar-refractivity contribution >= 4 is 5.69 Å². The molecule has 35 heavy (non-hydrogen) atoms. The Morgan fingerprint density at radius 2 is 1.97 bits per heavy atom. The fourth-order valence-electron chi connectivity index (χ4n) is 4.37. The first-order valence-corrected chi connectivity index (χ1v) is 11.4. The molecule has 1 aliphatic heterocycles. The standard InChI is InChI=1S/C25H25N7O3/c1-17-13-22(23(32(33)34)14-24(17)35-2)25-27-29-31(28-25)21-5-3-18(4-6-21)8-11-30-12-9-19-7-10-26-15-20(19)16-30/h3-7,10,13-15H,8-9,11-12,16H2,1-2H3. The molecule has 178 valence electrons. The van der Waals surface area contributed by atoms with Crippen LogP contribution in [-0.2, 0) is 19.4 Å². The summed E-state index contributed by atoms with van der Waals surface area (Å²) >= 11 is 0. The summed E-state index contributed by atoms with van der Waals surface area (Å²) in [7, 11) is 1.48. The van der Waals surface area contributed by atoms with E-state index in [0.717, 1.165) is 43.7 Å². The van der Waals surface area contributed by atoms with Gasteiger partial charge in [-0.15, -0.1) is 15.0 Å². The smallest absolute Gasteiger partial charge is 0.284 e. The van der Waals surface area contributed by atoms with Crippen LogP contribution in [0.25, 0.3) is 17.1 Å². The van der Waals surface area contributed by atoms with Gasteiger partial charge in [0, 0.05) is 32.0 Å². The third kappa shape index (κ3) is 4.73. The van der Waals surface area contributed by atoms with Crippen molar-refractivity contribution in [2.45, 2.75) is 26.3 Å².